The topological polar surface area (TPSA) is 76.2 Å². The number of hydrogen-bond donors (Lipinski definition) is 2. The van der Waals surface area contributed by atoms with E-state index < -0.39 is 0 Å². The molecule has 3 aromatic rings. The van der Waals surface area contributed by atoms with E-state index in [0.29, 0.717) is 29.9 Å². The summed E-state index contributed by atoms with van der Waals surface area (Å²) in [6, 6.07) is 9.93. The van der Waals surface area contributed by atoms with Crippen LogP contribution in [0.5, 0.6) is 11.5 Å². The van der Waals surface area contributed by atoms with Gasteiger partial charge in [-0.3, -0.25) is 4.79 Å². The van der Waals surface area contributed by atoms with Gasteiger partial charge in [-0.2, -0.15) is 0 Å². The highest BCUT2D eigenvalue weighted by atomic mass is 19.1. The molecule has 2 heterocycles. The zero-order valence-electron chi connectivity index (χ0n) is 14.2. The molecule has 0 spiro atoms. The first-order valence-electron chi connectivity index (χ1n) is 8.34. The van der Waals surface area contributed by atoms with E-state index in [1.807, 2.05) is 18.2 Å². The van der Waals surface area contributed by atoms with E-state index in [-0.39, 0.29) is 24.2 Å². The van der Waals surface area contributed by atoms with Crippen molar-refractivity contribution in [3.05, 3.63) is 53.6 Å². The number of ether oxygens (including phenoxy) is 2. The summed E-state index contributed by atoms with van der Waals surface area (Å²) in [5.74, 6) is 1.39. The van der Waals surface area contributed by atoms with Gasteiger partial charge in [0.15, 0.2) is 0 Å². The molecule has 134 valence electrons. The molecule has 0 saturated carbocycles. The number of nitrogens with zero attached hydrogens (tertiary/aromatic N) is 1. The van der Waals surface area contributed by atoms with Crippen LogP contribution in [0.25, 0.3) is 11.0 Å². The highest BCUT2D eigenvalue weighted by molar-refractivity contribution is 5.80. The van der Waals surface area contributed by atoms with Crippen molar-refractivity contribution in [2.24, 2.45) is 5.92 Å². The maximum atomic E-state index is 13.2. The van der Waals surface area contributed by atoms with Crippen LogP contribution in [0.3, 0.4) is 0 Å². The van der Waals surface area contributed by atoms with Crippen LogP contribution >= 0.6 is 0 Å². The maximum Gasteiger partial charge on any atom is 0.227 e. The summed E-state index contributed by atoms with van der Waals surface area (Å²) in [4.78, 5) is 19.8. The Morgan fingerprint density at radius 2 is 2.27 bits per heavy atom. The summed E-state index contributed by atoms with van der Waals surface area (Å²) >= 11 is 0. The zero-order chi connectivity index (χ0) is 18.1. The molecule has 0 bridgehead atoms. The number of hydrogen-bond acceptors (Lipinski definition) is 4. The summed E-state index contributed by atoms with van der Waals surface area (Å²) < 4.78 is 24.1. The number of H-pyrrole nitrogens is 1. The fourth-order valence-corrected chi connectivity index (χ4v) is 3.10. The van der Waals surface area contributed by atoms with Gasteiger partial charge < -0.3 is 19.8 Å². The lowest BCUT2D eigenvalue weighted by Gasteiger charge is -2.24. The van der Waals surface area contributed by atoms with Gasteiger partial charge in [0, 0.05) is 0 Å². The lowest BCUT2D eigenvalue weighted by Crippen LogP contribution is -2.37. The Hall–Kier alpha value is -3.09. The Morgan fingerprint density at radius 1 is 1.38 bits per heavy atom. The van der Waals surface area contributed by atoms with Crippen molar-refractivity contribution in [3.63, 3.8) is 0 Å². The van der Waals surface area contributed by atoms with Gasteiger partial charge in [-0.1, -0.05) is 0 Å². The van der Waals surface area contributed by atoms with Crippen LogP contribution in [0.15, 0.2) is 36.4 Å². The predicted molar refractivity (Wildman–Crippen MR) is 93.6 cm³/mol. The molecule has 0 radical (unpaired) electrons. The summed E-state index contributed by atoms with van der Waals surface area (Å²) in [5, 5.41) is 2.87. The highest BCUT2D eigenvalue weighted by Gasteiger charge is 2.26. The van der Waals surface area contributed by atoms with E-state index in [1.165, 1.54) is 12.1 Å². The van der Waals surface area contributed by atoms with Gasteiger partial charge in [-0.15, -0.1) is 0 Å². The third-order valence-electron chi connectivity index (χ3n) is 4.47. The Kier molecular flexibility index (Phi) is 4.20. The predicted octanol–water partition coefficient (Wildman–Crippen LogP) is 2.58. The molecule has 2 N–H and O–H groups in total. The minimum absolute atomic E-state index is 0.106. The molecule has 0 saturated heterocycles. The molecule has 7 heteroatoms. The van der Waals surface area contributed by atoms with E-state index >= 15 is 0 Å². The van der Waals surface area contributed by atoms with E-state index in [2.05, 4.69) is 15.3 Å². The first kappa shape index (κ1) is 16.4. The molecule has 1 aromatic heterocycles. The van der Waals surface area contributed by atoms with Crippen LogP contribution in [-0.4, -0.2) is 29.6 Å². The van der Waals surface area contributed by atoms with Gasteiger partial charge in [-0.25, -0.2) is 9.37 Å². The van der Waals surface area contributed by atoms with Crippen molar-refractivity contribution in [1.29, 1.82) is 0 Å². The number of aromatic amines is 1. The number of amides is 1. The number of nitrogens with one attached hydrogen (secondary N) is 2. The van der Waals surface area contributed by atoms with Gasteiger partial charge in [0.1, 0.15) is 29.7 Å². The van der Waals surface area contributed by atoms with Crippen LogP contribution < -0.4 is 14.8 Å². The second-order valence-corrected chi connectivity index (χ2v) is 6.25. The minimum Gasteiger partial charge on any atom is -0.497 e. The van der Waals surface area contributed by atoms with Crippen LogP contribution in [0.1, 0.15) is 11.4 Å². The Balaban J connectivity index is 1.41. The van der Waals surface area contributed by atoms with Gasteiger partial charge in [0.25, 0.3) is 0 Å². The fraction of sp³-hybridized carbons (Fsp3) is 0.263. The van der Waals surface area contributed by atoms with Crippen molar-refractivity contribution in [2.75, 3.05) is 13.7 Å². The minimum atomic E-state index is -0.329. The summed E-state index contributed by atoms with van der Waals surface area (Å²) in [6.07, 6.45) is 0.587. The number of carbonyl (C=O) groups is 1. The number of fused-ring (bicyclic) bond motifs is 2. The Bertz CT molecular complexity index is 970. The monoisotopic (exact) mass is 355 g/mol. The van der Waals surface area contributed by atoms with Crippen molar-refractivity contribution >= 4 is 16.9 Å². The molecule has 0 fully saturated rings. The molecule has 1 atom stereocenters. The smallest absolute Gasteiger partial charge is 0.227 e. The van der Waals surface area contributed by atoms with E-state index in [9.17, 15) is 9.18 Å². The molecule has 1 amide bonds. The average molecular weight is 355 g/mol. The molecule has 1 unspecified atom stereocenters. The Labute approximate surface area is 149 Å². The quantitative estimate of drug-likeness (QED) is 0.754. The number of aromatic nitrogens is 2. The van der Waals surface area contributed by atoms with Gasteiger partial charge in [0.2, 0.25) is 5.91 Å². The van der Waals surface area contributed by atoms with Crippen LogP contribution in [-0.2, 0) is 17.8 Å². The summed E-state index contributed by atoms with van der Waals surface area (Å²) in [6.45, 7) is 0.576. The van der Waals surface area contributed by atoms with Crippen molar-refractivity contribution in [3.8, 4) is 11.5 Å². The van der Waals surface area contributed by atoms with Crippen molar-refractivity contribution in [2.45, 2.75) is 13.0 Å². The number of imidazole rings is 1. The second kappa shape index (κ2) is 6.67. The van der Waals surface area contributed by atoms with E-state index in [4.69, 9.17) is 9.47 Å². The number of rotatable bonds is 4. The molecule has 1 aliphatic rings. The fourth-order valence-electron chi connectivity index (χ4n) is 3.10. The largest absolute Gasteiger partial charge is 0.497 e. The lowest BCUT2D eigenvalue weighted by molar-refractivity contribution is -0.126. The first-order valence-corrected chi connectivity index (χ1v) is 8.34. The SMILES string of the molecule is COc1ccc2c(c1)CC(C(=O)NCc1nc3ccc(F)cc3[nH]1)CO2. The number of benzene rings is 2. The van der Waals surface area contributed by atoms with E-state index in [0.717, 1.165) is 17.1 Å². The molecule has 0 aliphatic carbocycles. The third kappa shape index (κ3) is 3.20. The maximum absolute atomic E-state index is 13.2. The summed E-state index contributed by atoms with van der Waals surface area (Å²) in [5.41, 5.74) is 2.23. The molecule has 4 rings (SSSR count). The first-order chi connectivity index (χ1) is 12.6. The van der Waals surface area contributed by atoms with Gasteiger partial charge >= 0.3 is 0 Å². The molecule has 6 nitrogen and oxygen atoms in total. The molecule has 1 aliphatic heterocycles. The van der Waals surface area contributed by atoms with Crippen molar-refractivity contribution in [1.82, 2.24) is 15.3 Å². The molecular weight excluding hydrogens is 337 g/mol. The number of carbonyl (C=O) groups excluding carboxylic acids is 1. The van der Waals surface area contributed by atoms with Crippen molar-refractivity contribution < 1.29 is 18.7 Å². The molecular formula is C19H18FN3O3. The van der Waals surface area contributed by atoms with Gasteiger partial charge in [-0.05, 0) is 48.4 Å². The molecule has 26 heavy (non-hydrogen) atoms. The summed E-state index contributed by atoms with van der Waals surface area (Å²) in [7, 11) is 1.61. The van der Waals surface area contributed by atoms with Crippen LogP contribution in [0.4, 0.5) is 4.39 Å². The lowest BCUT2D eigenvalue weighted by atomic mass is 9.96. The second-order valence-electron chi connectivity index (χ2n) is 6.25. The number of methoxy groups -OCH3 is 1. The molecule has 2 aromatic carbocycles. The van der Waals surface area contributed by atoms with Crippen LogP contribution in [0.2, 0.25) is 0 Å². The highest BCUT2D eigenvalue weighted by Crippen LogP contribution is 2.30. The van der Waals surface area contributed by atoms with Crippen LogP contribution in [0, 0.1) is 11.7 Å². The van der Waals surface area contributed by atoms with E-state index in [1.54, 1.807) is 13.2 Å². The normalized spacial score (nSPS) is 16.0. The number of halogens is 1. The Morgan fingerprint density at radius 3 is 3.12 bits per heavy atom. The zero-order valence-corrected chi connectivity index (χ0v) is 14.2. The standard InChI is InChI=1S/C19H18FN3O3/c1-25-14-3-5-17-11(7-14)6-12(10-26-17)19(24)21-9-18-22-15-4-2-13(20)8-16(15)23-18/h2-5,7-8,12H,6,9-10H2,1H3,(H,21,24)(H,22,23). The third-order valence-corrected chi connectivity index (χ3v) is 4.47. The average Bonchev–Trinajstić information content (AvgIpc) is 3.07. The van der Waals surface area contributed by atoms with Gasteiger partial charge in [0.05, 0.1) is 30.6 Å².